The predicted molar refractivity (Wildman–Crippen MR) is 134 cm³/mol. The summed E-state index contributed by atoms with van der Waals surface area (Å²) in [6, 6.07) is 0. The average Bonchev–Trinajstić information content (AvgIpc) is 2.72. The van der Waals surface area contributed by atoms with E-state index in [1.165, 1.54) is 180 Å². The minimum atomic E-state index is 0. The van der Waals surface area contributed by atoms with Crippen molar-refractivity contribution in [3.8, 4) is 0 Å². The van der Waals surface area contributed by atoms with Gasteiger partial charge >= 0.3 is 0 Å². The van der Waals surface area contributed by atoms with Gasteiger partial charge in [0.15, 0.2) is 0 Å². The molecule has 0 aromatic heterocycles. The lowest BCUT2D eigenvalue weighted by molar-refractivity contribution is 0.504. The van der Waals surface area contributed by atoms with E-state index in [0.29, 0.717) is 0 Å². The molecule has 0 unspecified atom stereocenters. The summed E-state index contributed by atoms with van der Waals surface area (Å²) in [4.78, 5) is 0. The first-order chi connectivity index (χ1) is 14.0. The van der Waals surface area contributed by atoms with Crippen LogP contribution in [0.25, 0.3) is 0 Å². The van der Waals surface area contributed by atoms with Crippen LogP contribution in [0.5, 0.6) is 0 Å². The minimum Gasteiger partial charge on any atom is -0.344 e. The summed E-state index contributed by atoms with van der Waals surface area (Å²) in [7, 11) is 0. The molecule has 0 saturated heterocycles. The smallest absolute Gasteiger partial charge is 0.0533 e. The van der Waals surface area contributed by atoms with Gasteiger partial charge in [-0.2, -0.15) is 0 Å². The van der Waals surface area contributed by atoms with Gasteiger partial charge in [-0.05, 0) is 0 Å². The molecular formula is C28H59N. The van der Waals surface area contributed by atoms with Crippen molar-refractivity contribution in [1.29, 1.82) is 0 Å². The molecule has 2 aliphatic rings. The fraction of sp³-hybridized carbons (Fsp3) is 1.00. The number of rotatable bonds is 0. The van der Waals surface area contributed by atoms with Crippen LogP contribution in [-0.2, 0) is 0 Å². The van der Waals surface area contributed by atoms with E-state index in [0.717, 1.165) is 0 Å². The van der Waals surface area contributed by atoms with E-state index in [2.05, 4.69) is 0 Å². The monoisotopic (exact) mass is 409 g/mol. The standard InChI is InChI=1S/2C14H28.H3N/c2*1-2-4-6-8-10-12-14-13-11-9-7-5-3-1;/h2*1-14H2;1H3. The average molecular weight is 410 g/mol. The van der Waals surface area contributed by atoms with E-state index in [1.54, 1.807) is 0 Å². The molecule has 0 aliphatic heterocycles. The SMILES string of the molecule is C1CCCCCCCCCCCCC1.C1CCCCCCCCCCCCC1.N. The van der Waals surface area contributed by atoms with Gasteiger partial charge in [0.2, 0.25) is 0 Å². The molecule has 0 amide bonds. The van der Waals surface area contributed by atoms with Crippen molar-refractivity contribution in [3.05, 3.63) is 0 Å². The molecule has 0 heterocycles. The first-order valence-electron chi connectivity index (χ1n) is 14.0. The summed E-state index contributed by atoms with van der Waals surface area (Å²) in [5, 5.41) is 0. The van der Waals surface area contributed by atoms with Gasteiger partial charge in [0.05, 0.1) is 0 Å². The summed E-state index contributed by atoms with van der Waals surface area (Å²) in [5.41, 5.74) is 0. The lowest BCUT2D eigenvalue weighted by Crippen LogP contribution is -1.85. The first kappa shape index (κ1) is 29.0. The van der Waals surface area contributed by atoms with Crippen molar-refractivity contribution >= 4 is 0 Å². The second-order valence-corrected chi connectivity index (χ2v) is 9.90. The Morgan fingerprint density at radius 1 is 0.103 bits per heavy atom. The van der Waals surface area contributed by atoms with E-state index in [9.17, 15) is 0 Å². The van der Waals surface area contributed by atoms with Gasteiger partial charge in [0.25, 0.3) is 0 Å². The second-order valence-electron chi connectivity index (χ2n) is 9.90. The highest BCUT2D eigenvalue weighted by molar-refractivity contribution is 4.53. The largest absolute Gasteiger partial charge is 0.344 e. The van der Waals surface area contributed by atoms with Gasteiger partial charge in [-0.3, -0.25) is 0 Å². The van der Waals surface area contributed by atoms with Crippen LogP contribution in [-0.4, -0.2) is 0 Å². The molecule has 0 aromatic rings. The van der Waals surface area contributed by atoms with E-state index in [1.807, 2.05) is 0 Å². The Kier molecular flexibility index (Phi) is 26.0. The van der Waals surface area contributed by atoms with Gasteiger partial charge < -0.3 is 6.15 Å². The van der Waals surface area contributed by atoms with Gasteiger partial charge in [-0.25, -0.2) is 0 Å². The zero-order chi connectivity index (χ0) is 19.8. The van der Waals surface area contributed by atoms with Crippen LogP contribution in [0.2, 0.25) is 0 Å². The Hall–Kier alpha value is -0.0400. The molecule has 0 aromatic carbocycles. The highest BCUT2D eigenvalue weighted by Crippen LogP contribution is 2.17. The van der Waals surface area contributed by atoms with E-state index >= 15 is 0 Å². The normalized spacial score (nSPS) is 23.2. The summed E-state index contributed by atoms with van der Waals surface area (Å²) in [5.74, 6) is 0. The van der Waals surface area contributed by atoms with Crippen molar-refractivity contribution in [1.82, 2.24) is 6.15 Å². The molecule has 29 heavy (non-hydrogen) atoms. The van der Waals surface area contributed by atoms with Crippen LogP contribution in [0, 0.1) is 0 Å². The molecular weight excluding hydrogens is 350 g/mol. The van der Waals surface area contributed by atoms with E-state index in [4.69, 9.17) is 0 Å². The fourth-order valence-corrected chi connectivity index (χ4v) is 4.95. The van der Waals surface area contributed by atoms with Crippen molar-refractivity contribution in [2.24, 2.45) is 0 Å². The molecule has 0 spiro atoms. The quantitative estimate of drug-likeness (QED) is 0.424. The molecule has 2 aliphatic carbocycles. The maximum Gasteiger partial charge on any atom is -0.0533 e. The third-order valence-corrected chi connectivity index (χ3v) is 7.00. The molecule has 1 heteroatoms. The number of hydrogen-bond donors (Lipinski definition) is 1. The zero-order valence-corrected chi connectivity index (χ0v) is 20.5. The maximum absolute atomic E-state index is 1.50. The molecule has 0 bridgehead atoms. The summed E-state index contributed by atoms with van der Waals surface area (Å²) < 4.78 is 0. The maximum atomic E-state index is 1.50. The van der Waals surface area contributed by atoms with Gasteiger partial charge in [-0.15, -0.1) is 0 Å². The lowest BCUT2D eigenvalue weighted by Gasteiger charge is -2.05. The van der Waals surface area contributed by atoms with Gasteiger partial charge in [-0.1, -0.05) is 180 Å². The van der Waals surface area contributed by atoms with Crippen LogP contribution >= 0.6 is 0 Å². The van der Waals surface area contributed by atoms with Crippen molar-refractivity contribution < 1.29 is 0 Å². The van der Waals surface area contributed by atoms with Crippen LogP contribution in [0.15, 0.2) is 0 Å². The van der Waals surface area contributed by atoms with Crippen molar-refractivity contribution in [2.75, 3.05) is 0 Å². The van der Waals surface area contributed by atoms with E-state index < -0.39 is 0 Å². The minimum absolute atomic E-state index is 0. The Morgan fingerprint density at radius 2 is 0.138 bits per heavy atom. The number of hydrogen-bond acceptors (Lipinski definition) is 1. The molecule has 3 N–H and O–H groups in total. The Morgan fingerprint density at radius 3 is 0.172 bits per heavy atom. The molecule has 0 atom stereocenters. The van der Waals surface area contributed by atoms with Gasteiger partial charge in [0.1, 0.15) is 0 Å². The topological polar surface area (TPSA) is 35.0 Å². The third kappa shape index (κ3) is 24.1. The van der Waals surface area contributed by atoms with Crippen molar-refractivity contribution in [2.45, 2.75) is 180 Å². The molecule has 2 fully saturated rings. The van der Waals surface area contributed by atoms with E-state index in [-0.39, 0.29) is 6.15 Å². The molecule has 2 saturated carbocycles. The van der Waals surface area contributed by atoms with Crippen LogP contribution in [0.3, 0.4) is 0 Å². The highest BCUT2D eigenvalue weighted by Gasteiger charge is 1.97. The van der Waals surface area contributed by atoms with Crippen LogP contribution < -0.4 is 6.15 Å². The molecule has 0 radical (unpaired) electrons. The third-order valence-electron chi connectivity index (χ3n) is 7.00. The Labute approximate surface area is 186 Å². The Balaban J connectivity index is 0.000000523. The summed E-state index contributed by atoms with van der Waals surface area (Å²) in [6.07, 6.45) is 42.0. The Bertz CT molecular complexity index is 141. The highest BCUT2D eigenvalue weighted by atomic mass is 14.0. The van der Waals surface area contributed by atoms with Crippen molar-refractivity contribution in [3.63, 3.8) is 0 Å². The van der Waals surface area contributed by atoms with Gasteiger partial charge in [0, 0.05) is 0 Å². The zero-order valence-electron chi connectivity index (χ0n) is 20.5. The lowest BCUT2D eigenvalue weighted by atomic mass is 10.0. The molecule has 176 valence electrons. The summed E-state index contributed by atoms with van der Waals surface area (Å²) >= 11 is 0. The molecule has 2 rings (SSSR count). The fourth-order valence-electron chi connectivity index (χ4n) is 4.95. The molecule has 1 nitrogen and oxygen atoms in total. The predicted octanol–water partition coefficient (Wildman–Crippen LogP) is 11.1. The second kappa shape index (κ2) is 26.0. The van der Waals surface area contributed by atoms with Crippen LogP contribution in [0.1, 0.15) is 180 Å². The summed E-state index contributed by atoms with van der Waals surface area (Å²) in [6.45, 7) is 0. The van der Waals surface area contributed by atoms with Crippen LogP contribution in [0.4, 0.5) is 0 Å². The first-order valence-corrected chi connectivity index (χ1v) is 14.0.